The van der Waals surface area contributed by atoms with E-state index >= 15 is 0 Å². The Kier molecular flexibility index (Phi) is 3.45. The van der Waals surface area contributed by atoms with Gasteiger partial charge in [-0.2, -0.15) is 0 Å². The molecule has 0 unspecified atom stereocenters. The summed E-state index contributed by atoms with van der Waals surface area (Å²) in [6, 6.07) is 0. The quantitative estimate of drug-likeness (QED) is 0.685. The van der Waals surface area contributed by atoms with Crippen LogP contribution in [0.4, 0.5) is 0 Å². The largest absolute Gasteiger partial charge is 0.466 e. The van der Waals surface area contributed by atoms with Crippen LogP contribution in [0.1, 0.15) is 46.5 Å². The lowest BCUT2D eigenvalue weighted by Gasteiger charge is -2.41. The van der Waals surface area contributed by atoms with Gasteiger partial charge in [0.25, 0.3) is 0 Å². The highest BCUT2D eigenvalue weighted by Crippen LogP contribution is 2.47. The molecule has 0 aromatic heterocycles. The average Bonchev–Trinajstić information content (AvgIpc) is 2.64. The third-order valence-electron chi connectivity index (χ3n) is 4.47. The van der Waals surface area contributed by atoms with E-state index in [1.807, 2.05) is 0 Å². The molecule has 1 spiro atoms. The first-order valence-electron chi connectivity index (χ1n) is 6.82. The Morgan fingerprint density at radius 2 is 1.95 bits per heavy atom. The molecular formula is C15H22O4. The van der Waals surface area contributed by atoms with E-state index in [1.165, 1.54) is 13.2 Å². The minimum absolute atomic E-state index is 0.249. The summed E-state index contributed by atoms with van der Waals surface area (Å²) in [5.74, 6) is -0.272. The normalized spacial score (nSPS) is 31.1. The van der Waals surface area contributed by atoms with E-state index in [-0.39, 0.29) is 5.41 Å². The van der Waals surface area contributed by atoms with E-state index < -0.39 is 17.5 Å². The van der Waals surface area contributed by atoms with Crippen LogP contribution >= 0.6 is 0 Å². The van der Waals surface area contributed by atoms with Crippen molar-refractivity contribution in [3.05, 3.63) is 11.6 Å². The number of carbonyl (C=O) groups is 2. The molecule has 0 radical (unpaired) electrons. The summed E-state index contributed by atoms with van der Waals surface area (Å²) in [4.78, 5) is 23.3. The van der Waals surface area contributed by atoms with Crippen LogP contribution in [0.25, 0.3) is 0 Å². The molecule has 0 N–H and O–H groups in total. The molecule has 0 amide bonds. The van der Waals surface area contributed by atoms with Crippen molar-refractivity contribution in [3.63, 3.8) is 0 Å². The Labute approximate surface area is 114 Å². The molecule has 0 aromatic carbocycles. The van der Waals surface area contributed by atoms with Crippen LogP contribution in [-0.2, 0) is 19.1 Å². The maximum atomic E-state index is 11.8. The zero-order chi connectivity index (χ0) is 14.3. The lowest BCUT2D eigenvalue weighted by molar-refractivity contribution is -0.152. The molecule has 0 saturated heterocycles. The smallest absolute Gasteiger partial charge is 0.338 e. The first kappa shape index (κ1) is 14.1. The first-order valence-corrected chi connectivity index (χ1v) is 6.82. The van der Waals surface area contributed by atoms with Crippen LogP contribution in [0, 0.1) is 11.3 Å². The fraction of sp³-hybridized carbons (Fsp3) is 0.733. The van der Waals surface area contributed by atoms with E-state index in [2.05, 4.69) is 20.8 Å². The molecule has 1 heterocycles. The van der Waals surface area contributed by atoms with Gasteiger partial charge in [-0.1, -0.05) is 20.8 Å². The van der Waals surface area contributed by atoms with E-state index in [0.717, 1.165) is 12.8 Å². The predicted molar refractivity (Wildman–Crippen MR) is 70.3 cm³/mol. The second-order valence-electron chi connectivity index (χ2n) is 6.61. The van der Waals surface area contributed by atoms with Gasteiger partial charge in [0.1, 0.15) is 5.60 Å². The molecule has 2 rings (SSSR count). The monoisotopic (exact) mass is 266 g/mol. The van der Waals surface area contributed by atoms with Gasteiger partial charge >= 0.3 is 11.9 Å². The van der Waals surface area contributed by atoms with Crippen molar-refractivity contribution in [1.82, 2.24) is 0 Å². The Morgan fingerprint density at radius 3 is 2.42 bits per heavy atom. The van der Waals surface area contributed by atoms with E-state index in [4.69, 9.17) is 9.47 Å². The molecule has 1 aliphatic carbocycles. The topological polar surface area (TPSA) is 52.6 Å². The van der Waals surface area contributed by atoms with Crippen molar-refractivity contribution in [2.24, 2.45) is 11.3 Å². The number of ether oxygens (including phenoxy) is 2. The van der Waals surface area contributed by atoms with Crippen LogP contribution in [0.2, 0.25) is 0 Å². The van der Waals surface area contributed by atoms with Crippen molar-refractivity contribution < 1.29 is 19.1 Å². The molecule has 106 valence electrons. The maximum Gasteiger partial charge on any atom is 0.338 e. The molecule has 1 fully saturated rings. The zero-order valence-corrected chi connectivity index (χ0v) is 12.1. The number of hydrogen-bond acceptors (Lipinski definition) is 4. The average molecular weight is 266 g/mol. The van der Waals surface area contributed by atoms with Crippen LogP contribution in [0.3, 0.4) is 0 Å². The lowest BCUT2D eigenvalue weighted by Crippen LogP contribution is -2.41. The Hall–Kier alpha value is -1.32. The number of hydrogen-bond donors (Lipinski definition) is 0. The second-order valence-corrected chi connectivity index (χ2v) is 6.61. The molecule has 19 heavy (non-hydrogen) atoms. The van der Waals surface area contributed by atoms with Crippen molar-refractivity contribution in [2.45, 2.75) is 52.1 Å². The third kappa shape index (κ3) is 2.53. The SMILES string of the molecule is COC(=O)C1=CC(=O)OC12CCC(C(C)(C)C)CC2. The third-order valence-corrected chi connectivity index (χ3v) is 4.47. The number of methoxy groups -OCH3 is 1. The highest BCUT2D eigenvalue weighted by atomic mass is 16.6. The molecule has 0 aromatic rings. The van der Waals surface area contributed by atoms with E-state index in [0.29, 0.717) is 24.3 Å². The van der Waals surface area contributed by atoms with Crippen molar-refractivity contribution >= 4 is 11.9 Å². The van der Waals surface area contributed by atoms with Crippen LogP contribution in [0.15, 0.2) is 11.6 Å². The lowest BCUT2D eigenvalue weighted by atomic mass is 9.67. The summed E-state index contributed by atoms with van der Waals surface area (Å²) in [5, 5.41) is 0. The van der Waals surface area contributed by atoms with Crippen LogP contribution in [0.5, 0.6) is 0 Å². The summed E-state index contributed by atoms with van der Waals surface area (Å²) in [6.07, 6.45) is 4.64. The number of carbonyl (C=O) groups excluding carboxylic acids is 2. The van der Waals surface area contributed by atoms with Gasteiger partial charge in [-0.25, -0.2) is 9.59 Å². The van der Waals surface area contributed by atoms with E-state index in [1.54, 1.807) is 0 Å². The second kappa shape index (κ2) is 4.66. The number of rotatable bonds is 1. The summed E-state index contributed by atoms with van der Waals surface area (Å²) < 4.78 is 10.2. The summed E-state index contributed by atoms with van der Waals surface area (Å²) in [6.45, 7) is 6.69. The Morgan fingerprint density at radius 1 is 1.37 bits per heavy atom. The molecule has 1 saturated carbocycles. The van der Waals surface area contributed by atoms with Gasteiger partial charge in [0.05, 0.1) is 12.7 Å². The van der Waals surface area contributed by atoms with Crippen molar-refractivity contribution in [2.75, 3.05) is 7.11 Å². The van der Waals surface area contributed by atoms with Gasteiger partial charge in [-0.15, -0.1) is 0 Å². The van der Waals surface area contributed by atoms with Gasteiger partial charge in [-0.3, -0.25) is 0 Å². The molecular weight excluding hydrogens is 244 g/mol. The Bertz CT molecular complexity index is 420. The highest BCUT2D eigenvalue weighted by Gasteiger charge is 2.50. The van der Waals surface area contributed by atoms with Gasteiger partial charge in [-0.05, 0) is 37.0 Å². The minimum atomic E-state index is -0.730. The highest BCUT2D eigenvalue weighted by molar-refractivity contribution is 6.01. The van der Waals surface area contributed by atoms with Gasteiger partial charge in [0, 0.05) is 6.08 Å². The zero-order valence-electron chi connectivity index (χ0n) is 12.1. The first-order chi connectivity index (χ1) is 8.78. The predicted octanol–water partition coefficient (Wildman–Crippen LogP) is 2.62. The van der Waals surface area contributed by atoms with Crippen molar-refractivity contribution in [1.29, 1.82) is 0 Å². The molecule has 0 atom stereocenters. The summed E-state index contributed by atoms with van der Waals surface area (Å²) >= 11 is 0. The van der Waals surface area contributed by atoms with Gasteiger partial charge in [0.15, 0.2) is 0 Å². The molecule has 2 aliphatic rings. The van der Waals surface area contributed by atoms with Crippen molar-refractivity contribution in [3.8, 4) is 0 Å². The standard InChI is InChI=1S/C15H22O4/c1-14(2,3)10-5-7-15(8-6-10)11(13(17)18-4)9-12(16)19-15/h9-10H,5-8H2,1-4H3. The van der Waals surface area contributed by atoms with E-state index in [9.17, 15) is 9.59 Å². The molecule has 0 bridgehead atoms. The van der Waals surface area contributed by atoms with Crippen LogP contribution < -0.4 is 0 Å². The number of esters is 2. The fourth-order valence-electron chi connectivity index (χ4n) is 3.20. The molecule has 4 nitrogen and oxygen atoms in total. The van der Waals surface area contributed by atoms with Crippen LogP contribution in [-0.4, -0.2) is 24.6 Å². The van der Waals surface area contributed by atoms with Gasteiger partial charge in [0.2, 0.25) is 0 Å². The summed E-state index contributed by atoms with van der Waals surface area (Å²) in [5.41, 5.74) is -0.0852. The molecule has 1 aliphatic heterocycles. The van der Waals surface area contributed by atoms with Gasteiger partial charge < -0.3 is 9.47 Å². The minimum Gasteiger partial charge on any atom is -0.466 e. The molecule has 4 heteroatoms. The summed E-state index contributed by atoms with van der Waals surface area (Å²) in [7, 11) is 1.33. The maximum absolute atomic E-state index is 11.8. The Balaban J connectivity index is 2.16. The fourth-order valence-corrected chi connectivity index (χ4v) is 3.20.